The molecule has 3 N–H and O–H groups in total. The van der Waals surface area contributed by atoms with Crippen LogP contribution in [0.15, 0.2) is 42.5 Å². The maximum absolute atomic E-state index is 11.1. The van der Waals surface area contributed by atoms with Crippen LogP contribution in [0.4, 0.5) is 0 Å². The van der Waals surface area contributed by atoms with Gasteiger partial charge in [-0.3, -0.25) is 5.10 Å². The van der Waals surface area contributed by atoms with Crippen LogP contribution in [0.1, 0.15) is 21.6 Å². The highest BCUT2D eigenvalue weighted by Crippen LogP contribution is 2.26. The molecule has 0 bridgehead atoms. The van der Waals surface area contributed by atoms with Crippen molar-refractivity contribution in [2.45, 2.75) is 6.42 Å². The number of H-pyrrole nitrogens is 1. The molecule has 0 unspecified atom stereocenters. The molecule has 0 atom stereocenters. The summed E-state index contributed by atoms with van der Waals surface area (Å²) in [5.41, 5.74) is 2.36. The van der Waals surface area contributed by atoms with Gasteiger partial charge in [0.05, 0.1) is 5.52 Å². The lowest BCUT2D eigenvalue weighted by Crippen LogP contribution is -1.97. The van der Waals surface area contributed by atoms with Gasteiger partial charge in [0.25, 0.3) is 0 Å². The fraction of sp³-hybridized carbons (Fsp3) is 0.0667. The molecule has 0 fully saturated rings. The van der Waals surface area contributed by atoms with Crippen molar-refractivity contribution >= 4 is 16.9 Å². The Morgan fingerprint density at radius 1 is 1.20 bits per heavy atom. The molecule has 0 radical (unpaired) electrons. The van der Waals surface area contributed by atoms with E-state index < -0.39 is 5.97 Å². The van der Waals surface area contributed by atoms with Crippen molar-refractivity contribution < 1.29 is 15.0 Å². The standard InChI is InChI=1S/C15H12N2O3/c18-14-8-13-10(7-11(14)15(19)20)12(16-17-13)6-9-4-2-1-3-5-9/h1-5,7-8,18H,6H2,(H,16,17)(H,19,20). The second-order valence-electron chi connectivity index (χ2n) is 4.56. The van der Waals surface area contributed by atoms with E-state index in [4.69, 9.17) is 5.11 Å². The molecule has 1 aromatic heterocycles. The van der Waals surface area contributed by atoms with E-state index in [0.29, 0.717) is 17.3 Å². The van der Waals surface area contributed by atoms with E-state index in [0.717, 1.165) is 11.3 Å². The van der Waals surface area contributed by atoms with Gasteiger partial charge in [-0.05, 0) is 11.6 Å². The van der Waals surface area contributed by atoms with Gasteiger partial charge in [0.1, 0.15) is 11.3 Å². The summed E-state index contributed by atoms with van der Waals surface area (Å²) in [6.07, 6.45) is 0.626. The van der Waals surface area contributed by atoms with E-state index in [9.17, 15) is 9.90 Å². The average molecular weight is 268 g/mol. The predicted molar refractivity (Wildman–Crippen MR) is 74.0 cm³/mol. The highest BCUT2D eigenvalue weighted by molar-refractivity contribution is 5.97. The van der Waals surface area contributed by atoms with Crippen LogP contribution in [0.2, 0.25) is 0 Å². The Labute approximate surface area is 114 Å². The molecule has 3 rings (SSSR count). The summed E-state index contributed by atoms with van der Waals surface area (Å²) < 4.78 is 0. The molecule has 100 valence electrons. The van der Waals surface area contributed by atoms with Crippen LogP contribution in [0.25, 0.3) is 10.9 Å². The summed E-state index contributed by atoms with van der Waals surface area (Å²) in [5, 5.41) is 26.4. The van der Waals surface area contributed by atoms with Crippen molar-refractivity contribution in [3.05, 3.63) is 59.3 Å². The third kappa shape index (κ3) is 2.09. The largest absolute Gasteiger partial charge is 0.507 e. The normalized spacial score (nSPS) is 10.8. The van der Waals surface area contributed by atoms with Crippen LogP contribution >= 0.6 is 0 Å². The number of aromatic hydroxyl groups is 1. The summed E-state index contributed by atoms with van der Waals surface area (Å²) in [6, 6.07) is 12.6. The van der Waals surface area contributed by atoms with Gasteiger partial charge in [-0.15, -0.1) is 0 Å². The Hall–Kier alpha value is -2.82. The van der Waals surface area contributed by atoms with Crippen molar-refractivity contribution in [2.24, 2.45) is 0 Å². The number of carboxylic acid groups (broad SMARTS) is 1. The smallest absolute Gasteiger partial charge is 0.339 e. The summed E-state index contributed by atoms with van der Waals surface area (Å²) >= 11 is 0. The van der Waals surface area contributed by atoms with Gasteiger partial charge < -0.3 is 10.2 Å². The van der Waals surface area contributed by atoms with Crippen molar-refractivity contribution in [3.63, 3.8) is 0 Å². The molecule has 5 heteroatoms. The highest BCUT2D eigenvalue weighted by Gasteiger charge is 2.14. The third-order valence-corrected chi connectivity index (χ3v) is 3.20. The fourth-order valence-electron chi connectivity index (χ4n) is 2.21. The van der Waals surface area contributed by atoms with E-state index in [-0.39, 0.29) is 11.3 Å². The molecule has 20 heavy (non-hydrogen) atoms. The Kier molecular flexibility index (Phi) is 2.87. The molecule has 2 aromatic carbocycles. The Morgan fingerprint density at radius 2 is 1.95 bits per heavy atom. The van der Waals surface area contributed by atoms with Crippen molar-refractivity contribution in [1.29, 1.82) is 0 Å². The Bertz CT molecular complexity index is 778. The minimum Gasteiger partial charge on any atom is -0.507 e. The first-order valence-electron chi connectivity index (χ1n) is 6.12. The lowest BCUT2D eigenvalue weighted by atomic mass is 10.0. The fourth-order valence-corrected chi connectivity index (χ4v) is 2.21. The maximum atomic E-state index is 11.1. The van der Waals surface area contributed by atoms with Crippen molar-refractivity contribution in [3.8, 4) is 5.75 Å². The minimum atomic E-state index is -1.16. The van der Waals surface area contributed by atoms with Crippen molar-refractivity contribution in [1.82, 2.24) is 10.2 Å². The molecule has 1 heterocycles. The zero-order valence-corrected chi connectivity index (χ0v) is 10.5. The summed E-state index contributed by atoms with van der Waals surface area (Å²) in [4.78, 5) is 11.1. The van der Waals surface area contributed by atoms with Gasteiger partial charge >= 0.3 is 5.97 Å². The molecular weight excluding hydrogens is 256 g/mol. The number of carbonyl (C=O) groups is 1. The van der Waals surface area contributed by atoms with Gasteiger partial charge in [0.2, 0.25) is 0 Å². The number of phenols is 1. The predicted octanol–water partition coefficient (Wildman–Crippen LogP) is 2.56. The quantitative estimate of drug-likeness (QED) is 0.681. The van der Waals surface area contributed by atoms with Gasteiger partial charge in [-0.25, -0.2) is 4.79 Å². The second kappa shape index (κ2) is 4.70. The summed E-state index contributed by atoms with van der Waals surface area (Å²) in [7, 11) is 0. The number of hydrogen-bond acceptors (Lipinski definition) is 3. The van der Waals surface area contributed by atoms with E-state index >= 15 is 0 Å². The Balaban J connectivity index is 2.08. The van der Waals surface area contributed by atoms with E-state index in [2.05, 4.69) is 10.2 Å². The lowest BCUT2D eigenvalue weighted by Gasteiger charge is -2.02. The Morgan fingerprint density at radius 3 is 2.65 bits per heavy atom. The van der Waals surface area contributed by atoms with Gasteiger partial charge in [0.15, 0.2) is 0 Å². The van der Waals surface area contributed by atoms with E-state index in [1.165, 1.54) is 12.1 Å². The average Bonchev–Trinajstić information content (AvgIpc) is 2.81. The number of rotatable bonds is 3. The number of nitrogens with zero attached hydrogens (tertiary/aromatic N) is 1. The molecule has 0 aliphatic heterocycles. The first-order chi connectivity index (χ1) is 9.65. The molecule has 0 saturated heterocycles. The van der Waals surface area contributed by atoms with E-state index in [1.807, 2.05) is 30.3 Å². The van der Waals surface area contributed by atoms with Crippen LogP contribution < -0.4 is 0 Å². The van der Waals surface area contributed by atoms with Gasteiger partial charge in [0, 0.05) is 23.6 Å². The number of nitrogens with one attached hydrogen (secondary N) is 1. The molecular formula is C15H12N2O3. The maximum Gasteiger partial charge on any atom is 0.339 e. The van der Waals surface area contributed by atoms with Crippen LogP contribution in [0.5, 0.6) is 5.75 Å². The monoisotopic (exact) mass is 268 g/mol. The first-order valence-corrected chi connectivity index (χ1v) is 6.12. The van der Waals surface area contributed by atoms with Gasteiger partial charge in [-0.1, -0.05) is 30.3 Å². The molecule has 0 aliphatic rings. The first kappa shape index (κ1) is 12.2. The van der Waals surface area contributed by atoms with Crippen LogP contribution in [-0.4, -0.2) is 26.4 Å². The zero-order valence-electron chi connectivity index (χ0n) is 10.5. The van der Waals surface area contributed by atoms with E-state index in [1.54, 1.807) is 0 Å². The highest BCUT2D eigenvalue weighted by atomic mass is 16.4. The third-order valence-electron chi connectivity index (χ3n) is 3.20. The summed E-state index contributed by atoms with van der Waals surface area (Å²) in [6.45, 7) is 0. The summed E-state index contributed by atoms with van der Waals surface area (Å²) in [5.74, 6) is -1.43. The molecule has 0 spiro atoms. The number of hydrogen-bond donors (Lipinski definition) is 3. The number of benzene rings is 2. The van der Waals surface area contributed by atoms with Crippen molar-refractivity contribution in [2.75, 3.05) is 0 Å². The molecule has 3 aromatic rings. The van der Waals surface area contributed by atoms with Crippen LogP contribution in [0.3, 0.4) is 0 Å². The molecule has 0 aliphatic carbocycles. The van der Waals surface area contributed by atoms with Crippen LogP contribution in [0, 0.1) is 0 Å². The lowest BCUT2D eigenvalue weighted by molar-refractivity contribution is 0.0694. The zero-order chi connectivity index (χ0) is 14.1. The SMILES string of the molecule is O=C(O)c1cc2c(Cc3ccccc3)[nH]nc2cc1O. The topological polar surface area (TPSA) is 86.2 Å². The number of aromatic carboxylic acids is 1. The number of fused-ring (bicyclic) bond motifs is 1. The molecule has 5 nitrogen and oxygen atoms in total. The number of carboxylic acids is 1. The van der Waals surface area contributed by atoms with Gasteiger partial charge in [-0.2, -0.15) is 5.10 Å². The number of aromatic nitrogens is 2. The molecule has 0 saturated carbocycles. The minimum absolute atomic E-state index is 0.117. The van der Waals surface area contributed by atoms with Crippen LogP contribution in [-0.2, 0) is 6.42 Å². The molecule has 0 amide bonds. The second-order valence-corrected chi connectivity index (χ2v) is 4.56. The number of aromatic amines is 1.